The number of aromatic nitrogens is 2. The number of hydrazine groups is 1. The maximum atomic E-state index is 12.7. The molecule has 0 spiro atoms. The van der Waals surface area contributed by atoms with Crippen LogP contribution in [0.1, 0.15) is 15.4 Å². The first-order valence-electron chi connectivity index (χ1n) is 6.88. The van der Waals surface area contributed by atoms with E-state index in [9.17, 15) is 9.59 Å². The van der Waals surface area contributed by atoms with E-state index in [0.717, 1.165) is 5.01 Å². The maximum absolute atomic E-state index is 12.7. The van der Waals surface area contributed by atoms with Gasteiger partial charge in [-0.15, -0.1) is 29.3 Å². The Bertz CT molecular complexity index is 904. The lowest BCUT2D eigenvalue weighted by Crippen LogP contribution is -2.40. The van der Waals surface area contributed by atoms with Crippen molar-refractivity contribution in [3.63, 3.8) is 0 Å². The fraction of sp³-hybridized carbons (Fsp3) is 0.0667. The zero-order chi connectivity index (χ0) is 17.1. The molecule has 3 heterocycles. The third kappa shape index (κ3) is 3.12. The first-order chi connectivity index (χ1) is 11.6. The lowest BCUT2D eigenvalue weighted by molar-refractivity contribution is 0.103. The lowest BCUT2D eigenvalue weighted by Gasteiger charge is -2.19. The van der Waals surface area contributed by atoms with Crippen LogP contribution in [0.3, 0.4) is 0 Å². The molecule has 7 nitrogen and oxygen atoms in total. The molecule has 2 amide bonds. The SMILES string of the molecule is C=CCN(Nc1nc(C(=O)c2cccs2)c2sccc2n1)C(N)=O. The largest absolute Gasteiger partial charge is 0.350 e. The molecule has 0 saturated carbocycles. The molecule has 3 rings (SSSR count). The number of thiophene rings is 2. The van der Waals surface area contributed by atoms with E-state index in [1.54, 1.807) is 12.1 Å². The highest BCUT2D eigenvalue weighted by Crippen LogP contribution is 2.26. The van der Waals surface area contributed by atoms with Crippen LogP contribution >= 0.6 is 22.7 Å². The molecule has 0 atom stereocenters. The molecule has 0 aromatic carbocycles. The summed E-state index contributed by atoms with van der Waals surface area (Å²) in [6, 6.07) is 4.65. The zero-order valence-corrected chi connectivity index (χ0v) is 14.1. The van der Waals surface area contributed by atoms with Gasteiger partial charge in [0.05, 0.1) is 21.6 Å². The Morgan fingerprint density at radius 2 is 2.12 bits per heavy atom. The van der Waals surface area contributed by atoms with Gasteiger partial charge in [0, 0.05) is 0 Å². The predicted octanol–water partition coefficient (Wildman–Crippen LogP) is 2.88. The number of carbonyl (C=O) groups excluding carboxylic acids is 2. The Hall–Kier alpha value is -2.78. The van der Waals surface area contributed by atoms with Crippen molar-refractivity contribution in [2.45, 2.75) is 0 Å². The smallest absolute Gasteiger partial charge is 0.333 e. The van der Waals surface area contributed by atoms with Gasteiger partial charge in [-0.05, 0) is 22.9 Å². The summed E-state index contributed by atoms with van der Waals surface area (Å²) in [7, 11) is 0. The molecule has 0 aliphatic rings. The van der Waals surface area contributed by atoms with Crippen molar-refractivity contribution in [1.29, 1.82) is 0 Å². The van der Waals surface area contributed by atoms with Gasteiger partial charge < -0.3 is 5.73 Å². The minimum absolute atomic E-state index is 0.126. The molecule has 3 aromatic rings. The Kier molecular flexibility index (Phi) is 4.54. The molecule has 0 aliphatic carbocycles. The van der Waals surface area contributed by atoms with Crippen LogP contribution in [0.5, 0.6) is 0 Å². The van der Waals surface area contributed by atoms with Gasteiger partial charge in [0.2, 0.25) is 11.7 Å². The number of primary amides is 1. The highest BCUT2D eigenvalue weighted by atomic mass is 32.1. The molecule has 0 saturated heterocycles. The number of nitrogens with zero attached hydrogens (tertiary/aromatic N) is 3. The monoisotopic (exact) mass is 359 g/mol. The average Bonchev–Trinajstić information content (AvgIpc) is 3.24. The normalized spacial score (nSPS) is 10.5. The van der Waals surface area contributed by atoms with Crippen molar-refractivity contribution >= 4 is 50.7 Å². The fourth-order valence-electron chi connectivity index (χ4n) is 2.03. The molecule has 0 aliphatic heterocycles. The molecule has 122 valence electrons. The van der Waals surface area contributed by atoms with E-state index in [2.05, 4.69) is 22.0 Å². The van der Waals surface area contributed by atoms with E-state index in [-0.39, 0.29) is 18.3 Å². The van der Waals surface area contributed by atoms with Gasteiger partial charge in [-0.2, -0.15) is 0 Å². The molecule has 0 bridgehead atoms. The topological polar surface area (TPSA) is 101 Å². The third-order valence-electron chi connectivity index (χ3n) is 3.08. The summed E-state index contributed by atoms with van der Waals surface area (Å²) < 4.78 is 0.702. The molecule has 0 radical (unpaired) electrons. The summed E-state index contributed by atoms with van der Waals surface area (Å²) >= 11 is 2.74. The number of urea groups is 1. The van der Waals surface area contributed by atoms with Crippen molar-refractivity contribution < 1.29 is 9.59 Å². The van der Waals surface area contributed by atoms with Crippen LogP contribution in [0.2, 0.25) is 0 Å². The maximum Gasteiger partial charge on any atom is 0.333 e. The van der Waals surface area contributed by atoms with E-state index in [4.69, 9.17) is 5.73 Å². The predicted molar refractivity (Wildman–Crippen MR) is 95.3 cm³/mol. The number of rotatable bonds is 6. The molecule has 24 heavy (non-hydrogen) atoms. The zero-order valence-electron chi connectivity index (χ0n) is 12.4. The minimum atomic E-state index is -0.699. The van der Waals surface area contributed by atoms with E-state index >= 15 is 0 Å². The molecular formula is C15H13N5O2S2. The van der Waals surface area contributed by atoms with Crippen molar-refractivity contribution in [2.24, 2.45) is 5.73 Å². The highest BCUT2D eigenvalue weighted by molar-refractivity contribution is 7.17. The molecule has 3 N–H and O–H groups in total. The fourth-order valence-corrected chi connectivity index (χ4v) is 3.51. The average molecular weight is 359 g/mol. The Balaban J connectivity index is 2.03. The van der Waals surface area contributed by atoms with Crippen LogP contribution in [-0.4, -0.2) is 33.3 Å². The second-order valence-corrected chi connectivity index (χ2v) is 6.55. The number of hydrogen-bond acceptors (Lipinski definition) is 7. The van der Waals surface area contributed by atoms with Crippen LogP contribution < -0.4 is 11.2 Å². The second-order valence-electron chi connectivity index (χ2n) is 4.69. The molecule has 9 heteroatoms. The van der Waals surface area contributed by atoms with Crippen molar-refractivity contribution in [2.75, 3.05) is 12.0 Å². The number of hydrogen-bond donors (Lipinski definition) is 2. The van der Waals surface area contributed by atoms with Crippen LogP contribution in [-0.2, 0) is 0 Å². The molecule has 0 unspecified atom stereocenters. The molecule has 3 aromatic heterocycles. The number of fused-ring (bicyclic) bond motifs is 1. The van der Waals surface area contributed by atoms with Gasteiger partial charge in [-0.25, -0.2) is 19.8 Å². The van der Waals surface area contributed by atoms with E-state index in [0.29, 0.717) is 20.8 Å². The number of carbonyl (C=O) groups is 2. The Morgan fingerprint density at radius 1 is 1.29 bits per heavy atom. The van der Waals surface area contributed by atoms with Gasteiger partial charge in [0.15, 0.2) is 0 Å². The van der Waals surface area contributed by atoms with Gasteiger partial charge in [-0.3, -0.25) is 10.2 Å². The summed E-state index contributed by atoms with van der Waals surface area (Å²) in [4.78, 5) is 33.3. The van der Waals surface area contributed by atoms with Crippen LogP contribution in [0.25, 0.3) is 10.2 Å². The van der Waals surface area contributed by atoms with E-state index in [1.807, 2.05) is 16.8 Å². The number of amides is 2. The van der Waals surface area contributed by atoms with E-state index in [1.165, 1.54) is 28.7 Å². The van der Waals surface area contributed by atoms with Crippen LogP contribution in [0.4, 0.5) is 10.7 Å². The number of nitrogens with one attached hydrogen (secondary N) is 1. The van der Waals surface area contributed by atoms with Gasteiger partial charge in [-0.1, -0.05) is 12.1 Å². The standard InChI is InChI=1S/C15H13N5O2S2/c1-2-6-20(14(16)22)19-15-17-9-5-8-24-13(9)11(18-15)12(21)10-4-3-7-23-10/h2-5,7-8H,1,6H2,(H2,16,22)(H,17,18,19). The Morgan fingerprint density at radius 3 is 2.79 bits per heavy atom. The number of ketones is 1. The highest BCUT2D eigenvalue weighted by Gasteiger charge is 2.20. The van der Waals surface area contributed by atoms with Gasteiger partial charge in [0.25, 0.3) is 0 Å². The lowest BCUT2D eigenvalue weighted by atomic mass is 10.2. The summed E-state index contributed by atoms with van der Waals surface area (Å²) in [5.41, 5.74) is 8.94. The molecule has 0 fully saturated rings. The summed E-state index contributed by atoms with van der Waals surface area (Å²) in [5, 5.41) is 4.78. The van der Waals surface area contributed by atoms with E-state index < -0.39 is 6.03 Å². The number of nitrogens with two attached hydrogens (primary N) is 1. The van der Waals surface area contributed by atoms with Crippen LogP contribution in [0.15, 0.2) is 41.6 Å². The second kappa shape index (κ2) is 6.77. The van der Waals surface area contributed by atoms with Gasteiger partial charge in [0.1, 0.15) is 5.69 Å². The van der Waals surface area contributed by atoms with Crippen molar-refractivity contribution in [3.05, 3.63) is 52.2 Å². The molecular weight excluding hydrogens is 346 g/mol. The minimum Gasteiger partial charge on any atom is -0.350 e. The summed E-state index contributed by atoms with van der Waals surface area (Å²) in [6.45, 7) is 3.74. The summed E-state index contributed by atoms with van der Waals surface area (Å²) in [5.74, 6) is -0.0568. The van der Waals surface area contributed by atoms with Crippen molar-refractivity contribution in [3.8, 4) is 0 Å². The van der Waals surface area contributed by atoms with Gasteiger partial charge >= 0.3 is 6.03 Å². The first-order valence-corrected chi connectivity index (χ1v) is 8.64. The Labute approximate surface area is 145 Å². The quantitative estimate of drug-likeness (QED) is 0.400. The first kappa shape index (κ1) is 16.1. The van der Waals surface area contributed by atoms with Crippen LogP contribution in [0, 0.1) is 0 Å². The van der Waals surface area contributed by atoms with Crippen molar-refractivity contribution in [1.82, 2.24) is 15.0 Å². The third-order valence-corrected chi connectivity index (χ3v) is 4.86. The number of anilines is 1. The summed E-state index contributed by atoms with van der Waals surface area (Å²) in [6.07, 6.45) is 1.51.